The lowest BCUT2D eigenvalue weighted by molar-refractivity contribution is -0.0520. The van der Waals surface area contributed by atoms with Crippen molar-refractivity contribution in [1.82, 2.24) is 9.55 Å². The van der Waals surface area contributed by atoms with E-state index in [-0.39, 0.29) is 6.29 Å². The molecule has 0 aliphatic carbocycles. The normalized spacial score (nSPS) is 14.7. The van der Waals surface area contributed by atoms with E-state index in [1.165, 1.54) is 0 Å². The topological polar surface area (TPSA) is 54.7 Å². The monoisotopic (exact) mass is 382 g/mol. The van der Waals surface area contributed by atoms with Crippen molar-refractivity contribution in [2.75, 3.05) is 19.8 Å². The van der Waals surface area contributed by atoms with Crippen molar-refractivity contribution in [2.24, 2.45) is 0 Å². The Hall–Kier alpha value is -2.57. The highest BCUT2D eigenvalue weighted by atomic mass is 16.7. The van der Waals surface area contributed by atoms with E-state index in [0.29, 0.717) is 33.0 Å². The fraction of sp³-hybridized carbons (Fsp3) is 0.409. The van der Waals surface area contributed by atoms with Crippen LogP contribution in [-0.4, -0.2) is 35.7 Å². The van der Waals surface area contributed by atoms with Crippen molar-refractivity contribution >= 4 is 11.0 Å². The van der Waals surface area contributed by atoms with Crippen LogP contribution in [0.4, 0.5) is 0 Å². The van der Waals surface area contributed by atoms with Gasteiger partial charge in [-0.3, -0.25) is 4.98 Å². The molecule has 28 heavy (non-hydrogen) atoms. The highest BCUT2D eigenvalue weighted by Gasteiger charge is 2.22. The van der Waals surface area contributed by atoms with Gasteiger partial charge in [0.15, 0.2) is 6.29 Å². The van der Waals surface area contributed by atoms with Gasteiger partial charge in [-0.2, -0.15) is 0 Å². The maximum absolute atomic E-state index is 6.24. The minimum Gasteiger partial charge on any atom is -0.493 e. The lowest BCUT2D eigenvalue weighted by Gasteiger charge is -2.16. The molecular formula is C22H26N2O4. The number of aryl methyl sites for hydroxylation is 1. The van der Waals surface area contributed by atoms with Crippen LogP contribution in [0.25, 0.3) is 11.0 Å². The van der Waals surface area contributed by atoms with Crippen LogP contribution < -0.4 is 9.47 Å². The molecule has 0 radical (unpaired) electrons. The smallest absolute Gasteiger partial charge is 0.175 e. The van der Waals surface area contributed by atoms with Crippen LogP contribution in [0.3, 0.4) is 0 Å². The minimum atomic E-state index is -0.236. The van der Waals surface area contributed by atoms with Crippen molar-refractivity contribution in [3.05, 3.63) is 53.3 Å². The average molecular weight is 382 g/mol. The summed E-state index contributed by atoms with van der Waals surface area (Å²) in [6.45, 7) is 9.11. The van der Waals surface area contributed by atoms with Gasteiger partial charge in [0.2, 0.25) is 0 Å². The van der Waals surface area contributed by atoms with E-state index in [1.54, 1.807) is 6.20 Å². The van der Waals surface area contributed by atoms with Gasteiger partial charge in [-0.15, -0.1) is 0 Å². The quantitative estimate of drug-likeness (QED) is 0.618. The van der Waals surface area contributed by atoms with Gasteiger partial charge in [-0.1, -0.05) is 18.2 Å². The summed E-state index contributed by atoms with van der Waals surface area (Å²) in [6, 6.07) is 9.88. The van der Waals surface area contributed by atoms with Gasteiger partial charge in [0.05, 0.1) is 31.9 Å². The molecule has 1 aliphatic rings. The third-order valence-electron chi connectivity index (χ3n) is 5.14. The minimum absolute atomic E-state index is 0.236. The molecule has 0 spiro atoms. The van der Waals surface area contributed by atoms with Crippen molar-refractivity contribution < 1.29 is 18.9 Å². The second-order valence-electron chi connectivity index (χ2n) is 6.83. The summed E-state index contributed by atoms with van der Waals surface area (Å²) in [7, 11) is 0. The van der Waals surface area contributed by atoms with Gasteiger partial charge in [0.25, 0.3) is 0 Å². The Labute approximate surface area is 165 Å². The average Bonchev–Trinajstić information content (AvgIpc) is 3.31. The Morgan fingerprint density at radius 1 is 1.07 bits per heavy atom. The first-order chi connectivity index (χ1) is 13.7. The van der Waals surface area contributed by atoms with E-state index in [2.05, 4.69) is 23.4 Å². The van der Waals surface area contributed by atoms with E-state index in [0.717, 1.165) is 39.4 Å². The Bertz CT molecular complexity index is 961. The molecule has 0 saturated carbocycles. The molecule has 1 aliphatic heterocycles. The molecule has 0 bridgehead atoms. The standard InChI is InChI=1S/C22H26N2O4/c1-4-25-18-8-6-5-7-17(18)14-28-19-9-10-23-21-15(2)16(3)24(22(19)21)13-20-26-11-12-27-20/h5-10,20H,4,11-14H2,1-3H3. The summed E-state index contributed by atoms with van der Waals surface area (Å²) < 4.78 is 25.5. The van der Waals surface area contributed by atoms with Gasteiger partial charge in [-0.25, -0.2) is 0 Å². The largest absolute Gasteiger partial charge is 0.493 e. The van der Waals surface area contributed by atoms with Crippen LogP contribution in [-0.2, 0) is 22.6 Å². The van der Waals surface area contributed by atoms with Crippen molar-refractivity contribution in [1.29, 1.82) is 0 Å². The Morgan fingerprint density at radius 3 is 2.64 bits per heavy atom. The molecule has 0 N–H and O–H groups in total. The van der Waals surface area contributed by atoms with Gasteiger partial charge in [0.1, 0.15) is 23.6 Å². The third-order valence-corrected chi connectivity index (χ3v) is 5.14. The second-order valence-corrected chi connectivity index (χ2v) is 6.83. The number of benzene rings is 1. The lowest BCUT2D eigenvalue weighted by atomic mass is 10.2. The zero-order chi connectivity index (χ0) is 19.5. The van der Waals surface area contributed by atoms with Crippen LogP contribution in [0.1, 0.15) is 23.7 Å². The van der Waals surface area contributed by atoms with E-state index in [4.69, 9.17) is 18.9 Å². The van der Waals surface area contributed by atoms with Gasteiger partial charge >= 0.3 is 0 Å². The van der Waals surface area contributed by atoms with E-state index in [9.17, 15) is 0 Å². The summed E-state index contributed by atoms with van der Waals surface area (Å²) in [5.74, 6) is 1.65. The maximum Gasteiger partial charge on any atom is 0.175 e. The molecular weight excluding hydrogens is 356 g/mol. The second kappa shape index (κ2) is 8.20. The number of aromatic nitrogens is 2. The first-order valence-corrected chi connectivity index (χ1v) is 9.70. The van der Waals surface area contributed by atoms with Gasteiger partial charge < -0.3 is 23.5 Å². The lowest BCUT2D eigenvalue weighted by Crippen LogP contribution is -2.18. The van der Waals surface area contributed by atoms with Gasteiger partial charge in [0, 0.05) is 23.5 Å². The highest BCUT2D eigenvalue weighted by molar-refractivity contribution is 5.86. The molecule has 148 valence electrons. The molecule has 6 heteroatoms. The Kier molecular flexibility index (Phi) is 5.50. The van der Waals surface area contributed by atoms with Crippen LogP contribution in [0.2, 0.25) is 0 Å². The predicted molar refractivity (Wildman–Crippen MR) is 107 cm³/mol. The maximum atomic E-state index is 6.24. The molecule has 1 fully saturated rings. The van der Waals surface area contributed by atoms with E-state index < -0.39 is 0 Å². The summed E-state index contributed by atoms with van der Waals surface area (Å²) in [5.41, 5.74) is 5.24. The number of ether oxygens (including phenoxy) is 4. The zero-order valence-electron chi connectivity index (χ0n) is 16.6. The number of hydrogen-bond acceptors (Lipinski definition) is 5. The number of nitrogens with zero attached hydrogens (tertiary/aromatic N) is 2. The van der Waals surface area contributed by atoms with Crippen molar-refractivity contribution in [3.63, 3.8) is 0 Å². The fourth-order valence-electron chi connectivity index (χ4n) is 3.59. The molecule has 2 aromatic heterocycles. The number of hydrogen-bond donors (Lipinski definition) is 0. The van der Waals surface area contributed by atoms with Gasteiger partial charge in [-0.05, 0) is 32.4 Å². The highest BCUT2D eigenvalue weighted by Crippen LogP contribution is 2.32. The molecule has 1 aromatic carbocycles. The van der Waals surface area contributed by atoms with Crippen LogP contribution in [0.5, 0.6) is 11.5 Å². The number of pyridine rings is 1. The molecule has 1 saturated heterocycles. The summed E-state index contributed by atoms with van der Waals surface area (Å²) in [6.07, 6.45) is 1.56. The SMILES string of the molecule is CCOc1ccccc1COc1ccnc2c(C)c(C)n(CC3OCCO3)c12. The molecule has 0 atom stereocenters. The summed E-state index contributed by atoms with van der Waals surface area (Å²) in [5, 5.41) is 0. The number of fused-ring (bicyclic) bond motifs is 1. The first kappa shape index (κ1) is 18.8. The third kappa shape index (κ3) is 3.57. The fourth-order valence-corrected chi connectivity index (χ4v) is 3.59. The molecule has 3 heterocycles. The molecule has 0 unspecified atom stereocenters. The first-order valence-electron chi connectivity index (χ1n) is 9.70. The summed E-state index contributed by atoms with van der Waals surface area (Å²) >= 11 is 0. The zero-order valence-corrected chi connectivity index (χ0v) is 16.6. The molecule has 4 rings (SSSR count). The van der Waals surface area contributed by atoms with Crippen LogP contribution in [0, 0.1) is 13.8 Å². The molecule has 0 amide bonds. The summed E-state index contributed by atoms with van der Waals surface area (Å²) in [4.78, 5) is 4.59. The number of para-hydroxylation sites is 1. The molecule has 6 nitrogen and oxygen atoms in total. The predicted octanol–water partition coefficient (Wildman–Crippen LogP) is 4.00. The van der Waals surface area contributed by atoms with Crippen molar-refractivity contribution in [3.8, 4) is 11.5 Å². The van der Waals surface area contributed by atoms with Crippen LogP contribution >= 0.6 is 0 Å². The van der Waals surface area contributed by atoms with E-state index >= 15 is 0 Å². The Morgan fingerprint density at radius 2 is 1.86 bits per heavy atom. The molecule has 3 aromatic rings. The van der Waals surface area contributed by atoms with Crippen LogP contribution in [0.15, 0.2) is 36.5 Å². The van der Waals surface area contributed by atoms with Crippen molar-refractivity contribution in [2.45, 2.75) is 40.2 Å². The number of rotatable bonds is 7. The van der Waals surface area contributed by atoms with E-state index in [1.807, 2.05) is 37.3 Å². The Balaban J connectivity index is 1.66.